The van der Waals surface area contributed by atoms with Gasteiger partial charge in [0.15, 0.2) is 5.65 Å². The maximum absolute atomic E-state index is 13.2. The maximum Gasteiger partial charge on any atom is 0.264 e. The summed E-state index contributed by atoms with van der Waals surface area (Å²) in [5.74, 6) is -0.353. The molecule has 0 saturated heterocycles. The second-order valence-corrected chi connectivity index (χ2v) is 8.04. The predicted molar refractivity (Wildman–Crippen MR) is 117 cm³/mol. The van der Waals surface area contributed by atoms with Crippen LogP contribution in [0.2, 0.25) is 0 Å². The second-order valence-electron chi connectivity index (χ2n) is 8.04. The summed E-state index contributed by atoms with van der Waals surface area (Å²) in [6.45, 7) is 0.191. The van der Waals surface area contributed by atoms with E-state index in [4.69, 9.17) is 4.74 Å². The van der Waals surface area contributed by atoms with E-state index in [0.717, 1.165) is 19.3 Å². The zero-order valence-corrected chi connectivity index (χ0v) is 17.4. The number of nitrogens with zero attached hydrogens (tertiary/aromatic N) is 4. The smallest absolute Gasteiger partial charge is 0.264 e. The van der Waals surface area contributed by atoms with Crippen LogP contribution in [0.3, 0.4) is 0 Å². The van der Waals surface area contributed by atoms with Gasteiger partial charge in [0.1, 0.15) is 17.5 Å². The van der Waals surface area contributed by atoms with Crippen molar-refractivity contribution in [1.82, 2.24) is 19.3 Å². The number of ether oxygens (including phenoxy) is 1. The van der Waals surface area contributed by atoms with Crippen LogP contribution in [0.25, 0.3) is 16.7 Å². The standard InChI is InChI=1S/C24H23FN4O3/c25-17-8-10-18(11-9-17)29-23-21(12-27-29)24(31)28(15-26-23)13-19(30)14-32-22-7-3-5-16-4-1-2-6-20(16)22/h1-2,4,6,8-12,15,19,22,30H,3,5,7,13-14H2. The summed E-state index contributed by atoms with van der Waals surface area (Å²) in [5.41, 5.74) is 3.15. The van der Waals surface area contributed by atoms with Gasteiger partial charge in [0.05, 0.1) is 37.2 Å². The van der Waals surface area contributed by atoms with Crippen LogP contribution in [0, 0.1) is 5.82 Å². The molecule has 7 nitrogen and oxygen atoms in total. The minimum atomic E-state index is -0.854. The molecule has 4 aromatic rings. The average Bonchev–Trinajstić information content (AvgIpc) is 3.25. The van der Waals surface area contributed by atoms with E-state index in [1.54, 1.807) is 12.1 Å². The summed E-state index contributed by atoms with van der Waals surface area (Å²) in [7, 11) is 0. The molecule has 8 heteroatoms. The van der Waals surface area contributed by atoms with Crippen LogP contribution >= 0.6 is 0 Å². The van der Waals surface area contributed by atoms with E-state index in [2.05, 4.69) is 22.2 Å². The van der Waals surface area contributed by atoms with Crippen molar-refractivity contribution in [1.29, 1.82) is 0 Å². The number of aromatic nitrogens is 4. The van der Waals surface area contributed by atoms with E-state index in [1.165, 1.54) is 45.0 Å². The molecule has 0 spiro atoms. The summed E-state index contributed by atoms with van der Waals surface area (Å²) >= 11 is 0. The normalized spacial score (nSPS) is 16.8. The third-order valence-corrected chi connectivity index (χ3v) is 5.84. The number of aliphatic hydroxyl groups excluding tert-OH is 1. The highest BCUT2D eigenvalue weighted by molar-refractivity contribution is 5.74. The van der Waals surface area contributed by atoms with Gasteiger partial charge in [-0.15, -0.1) is 0 Å². The van der Waals surface area contributed by atoms with E-state index in [1.807, 2.05) is 12.1 Å². The van der Waals surface area contributed by atoms with E-state index in [0.29, 0.717) is 16.7 Å². The molecule has 0 bridgehead atoms. The van der Waals surface area contributed by atoms with Gasteiger partial charge in [0.25, 0.3) is 5.56 Å². The van der Waals surface area contributed by atoms with Crippen molar-refractivity contribution >= 4 is 11.0 Å². The monoisotopic (exact) mass is 434 g/mol. The Hall–Kier alpha value is -3.36. The summed E-state index contributed by atoms with van der Waals surface area (Å²) < 4.78 is 22.1. The Morgan fingerprint density at radius 3 is 2.84 bits per heavy atom. The lowest BCUT2D eigenvalue weighted by Crippen LogP contribution is -2.30. The predicted octanol–water partition coefficient (Wildman–Crippen LogP) is 3.18. The molecule has 1 N–H and O–H groups in total. The lowest BCUT2D eigenvalue weighted by molar-refractivity contribution is -0.0228. The van der Waals surface area contributed by atoms with Gasteiger partial charge in [0, 0.05) is 0 Å². The number of hydrogen-bond acceptors (Lipinski definition) is 5. The van der Waals surface area contributed by atoms with Crippen LogP contribution in [-0.2, 0) is 17.7 Å². The van der Waals surface area contributed by atoms with Gasteiger partial charge >= 0.3 is 0 Å². The second kappa shape index (κ2) is 8.64. The van der Waals surface area contributed by atoms with Gasteiger partial charge in [-0.1, -0.05) is 24.3 Å². The Morgan fingerprint density at radius 1 is 1.19 bits per heavy atom. The van der Waals surface area contributed by atoms with Crippen LogP contribution in [0.15, 0.2) is 65.8 Å². The van der Waals surface area contributed by atoms with Gasteiger partial charge < -0.3 is 9.84 Å². The van der Waals surface area contributed by atoms with Crippen molar-refractivity contribution in [2.24, 2.45) is 0 Å². The van der Waals surface area contributed by atoms with E-state index in [-0.39, 0.29) is 30.6 Å². The molecule has 0 saturated carbocycles. The first-order valence-corrected chi connectivity index (χ1v) is 10.7. The number of aliphatic hydroxyl groups is 1. The Balaban J connectivity index is 1.30. The zero-order chi connectivity index (χ0) is 22.1. The molecular weight excluding hydrogens is 411 g/mol. The van der Waals surface area contributed by atoms with Crippen LogP contribution in [0.4, 0.5) is 4.39 Å². The van der Waals surface area contributed by atoms with Gasteiger partial charge in [-0.2, -0.15) is 5.10 Å². The van der Waals surface area contributed by atoms with E-state index in [9.17, 15) is 14.3 Å². The molecule has 1 aliphatic rings. The van der Waals surface area contributed by atoms with Gasteiger partial charge in [-0.05, 0) is 54.7 Å². The van der Waals surface area contributed by atoms with Gasteiger partial charge in [-0.3, -0.25) is 9.36 Å². The number of halogens is 1. The molecule has 0 fully saturated rings. The van der Waals surface area contributed by atoms with Crippen molar-refractivity contribution in [2.75, 3.05) is 6.61 Å². The number of fused-ring (bicyclic) bond motifs is 2. The molecule has 2 atom stereocenters. The summed E-state index contributed by atoms with van der Waals surface area (Å²) in [6.07, 6.45) is 4.95. The highest BCUT2D eigenvalue weighted by Crippen LogP contribution is 2.32. The van der Waals surface area contributed by atoms with Crippen LogP contribution in [0.5, 0.6) is 0 Å². The van der Waals surface area contributed by atoms with Crippen molar-refractivity contribution in [3.8, 4) is 5.69 Å². The first-order chi connectivity index (χ1) is 15.6. The highest BCUT2D eigenvalue weighted by Gasteiger charge is 2.22. The average molecular weight is 434 g/mol. The van der Waals surface area contributed by atoms with Gasteiger partial charge in [0.2, 0.25) is 0 Å². The van der Waals surface area contributed by atoms with E-state index < -0.39 is 6.10 Å². The molecule has 164 valence electrons. The molecule has 1 aliphatic carbocycles. The van der Waals surface area contributed by atoms with Crippen molar-refractivity contribution < 1.29 is 14.2 Å². The fraction of sp³-hybridized carbons (Fsp3) is 0.292. The van der Waals surface area contributed by atoms with Crippen LogP contribution in [0.1, 0.15) is 30.1 Å². The SMILES string of the molecule is O=c1c2cnn(-c3ccc(F)cc3)c2ncn1CC(O)COC1CCCc2ccccc21. The Bertz CT molecular complexity index is 1300. The Labute approximate surface area is 183 Å². The Morgan fingerprint density at radius 2 is 2.00 bits per heavy atom. The Kier molecular flexibility index (Phi) is 5.55. The largest absolute Gasteiger partial charge is 0.389 e. The highest BCUT2D eigenvalue weighted by atomic mass is 19.1. The molecule has 0 radical (unpaired) electrons. The lowest BCUT2D eigenvalue weighted by atomic mass is 9.89. The zero-order valence-electron chi connectivity index (χ0n) is 17.4. The van der Waals surface area contributed by atoms with Crippen LogP contribution < -0.4 is 5.56 Å². The molecule has 2 aromatic heterocycles. The maximum atomic E-state index is 13.2. The fourth-order valence-electron chi connectivity index (χ4n) is 4.24. The fourth-order valence-corrected chi connectivity index (χ4v) is 4.24. The number of aryl methyl sites for hydroxylation is 1. The first kappa shape index (κ1) is 20.5. The molecule has 2 aromatic carbocycles. The molecule has 2 heterocycles. The van der Waals surface area contributed by atoms with Crippen LogP contribution in [-0.4, -0.2) is 37.1 Å². The minimum Gasteiger partial charge on any atom is -0.389 e. The third kappa shape index (κ3) is 3.94. The number of rotatable bonds is 6. The number of hydrogen-bond donors (Lipinski definition) is 1. The molecule has 5 rings (SSSR count). The van der Waals surface area contributed by atoms with E-state index >= 15 is 0 Å². The van der Waals surface area contributed by atoms with Crippen molar-refractivity contribution in [2.45, 2.75) is 38.0 Å². The number of benzene rings is 2. The quantitative estimate of drug-likeness (QED) is 0.504. The molecule has 0 amide bonds. The molecule has 0 aliphatic heterocycles. The molecular formula is C24H23FN4O3. The summed E-state index contributed by atoms with van der Waals surface area (Å²) in [5, 5.41) is 15.1. The topological polar surface area (TPSA) is 82.2 Å². The summed E-state index contributed by atoms with van der Waals surface area (Å²) in [6, 6.07) is 14.0. The molecule has 32 heavy (non-hydrogen) atoms. The minimum absolute atomic E-state index is 0.0409. The first-order valence-electron chi connectivity index (χ1n) is 10.7. The third-order valence-electron chi connectivity index (χ3n) is 5.84. The van der Waals surface area contributed by atoms with Gasteiger partial charge in [-0.25, -0.2) is 14.1 Å². The summed E-state index contributed by atoms with van der Waals surface area (Å²) in [4.78, 5) is 17.2. The molecule has 2 unspecified atom stereocenters. The van der Waals surface area contributed by atoms with Crippen molar-refractivity contribution in [3.63, 3.8) is 0 Å². The van der Waals surface area contributed by atoms with Crippen molar-refractivity contribution in [3.05, 3.63) is 88.4 Å². The lowest BCUT2D eigenvalue weighted by Gasteiger charge is -2.26.